The minimum absolute atomic E-state index is 0.0901. The zero-order valence-corrected chi connectivity index (χ0v) is 15.5. The van der Waals surface area contributed by atoms with Crippen molar-refractivity contribution < 1.29 is 13.2 Å². The molecule has 0 saturated carbocycles. The van der Waals surface area contributed by atoms with Gasteiger partial charge in [-0.05, 0) is 42.5 Å². The highest BCUT2D eigenvalue weighted by molar-refractivity contribution is 5.52. The van der Waals surface area contributed by atoms with E-state index in [1.165, 1.54) is 7.05 Å². The summed E-state index contributed by atoms with van der Waals surface area (Å²) in [5, 5.41) is 8.43. The van der Waals surface area contributed by atoms with Crippen molar-refractivity contribution in [1.29, 1.82) is 0 Å². The lowest BCUT2D eigenvalue weighted by atomic mass is 10.2. The number of rotatable bonds is 3. The van der Waals surface area contributed by atoms with E-state index in [9.17, 15) is 22.8 Å². The lowest BCUT2D eigenvalue weighted by molar-refractivity contribution is -0.137. The Labute approximate surface area is 167 Å². The summed E-state index contributed by atoms with van der Waals surface area (Å²) in [6, 6.07) is 14.7. The Balaban J connectivity index is 1.82. The number of hydrogen-bond acceptors (Lipinski definition) is 4. The molecule has 10 heteroatoms. The summed E-state index contributed by atoms with van der Waals surface area (Å²) in [6.45, 7) is 0. The van der Waals surface area contributed by atoms with Crippen molar-refractivity contribution in [2.24, 2.45) is 7.05 Å². The molecule has 0 spiro atoms. The van der Waals surface area contributed by atoms with Gasteiger partial charge >= 0.3 is 11.9 Å². The standard InChI is InChI=1S/C20H14F3N5O2/c1-26-18(29)17(16-11-12-27(24-16)14-5-3-2-4-6-14)25-28(19(26)30)15-9-7-13(8-10-15)20(21,22)23/h2-12H,1H3. The van der Waals surface area contributed by atoms with E-state index < -0.39 is 23.0 Å². The Kier molecular flexibility index (Phi) is 4.61. The van der Waals surface area contributed by atoms with Gasteiger partial charge in [0.15, 0.2) is 5.69 Å². The predicted octanol–water partition coefficient (Wildman–Crippen LogP) is 2.80. The Bertz CT molecular complexity index is 1320. The number of hydrogen-bond donors (Lipinski definition) is 0. The summed E-state index contributed by atoms with van der Waals surface area (Å²) in [5.41, 5.74) is -1.34. The van der Waals surface area contributed by atoms with E-state index in [2.05, 4.69) is 10.2 Å². The molecule has 2 heterocycles. The van der Waals surface area contributed by atoms with E-state index in [-0.39, 0.29) is 17.1 Å². The molecular formula is C20H14F3N5O2. The van der Waals surface area contributed by atoms with E-state index in [1.54, 1.807) is 16.9 Å². The van der Waals surface area contributed by atoms with Crippen LogP contribution in [-0.4, -0.2) is 24.1 Å². The van der Waals surface area contributed by atoms with Crippen LogP contribution >= 0.6 is 0 Å². The molecule has 0 saturated heterocycles. The Morgan fingerprint density at radius 2 is 1.50 bits per heavy atom. The monoisotopic (exact) mass is 413 g/mol. The van der Waals surface area contributed by atoms with Gasteiger partial charge in [-0.15, -0.1) is 0 Å². The summed E-state index contributed by atoms with van der Waals surface area (Å²) in [5.74, 6) is 0. The molecular weight excluding hydrogens is 399 g/mol. The second-order valence-electron chi connectivity index (χ2n) is 6.43. The molecule has 0 N–H and O–H groups in total. The second-order valence-corrected chi connectivity index (χ2v) is 6.43. The van der Waals surface area contributed by atoms with Gasteiger partial charge < -0.3 is 0 Å². The van der Waals surface area contributed by atoms with Crippen LogP contribution in [0.3, 0.4) is 0 Å². The van der Waals surface area contributed by atoms with E-state index in [0.717, 1.165) is 39.2 Å². The topological polar surface area (TPSA) is 74.7 Å². The number of aromatic nitrogens is 5. The first kappa shape index (κ1) is 19.4. The largest absolute Gasteiger partial charge is 0.416 e. The molecule has 0 aliphatic carbocycles. The summed E-state index contributed by atoms with van der Waals surface area (Å²) in [4.78, 5) is 25.1. The molecule has 0 bridgehead atoms. The van der Waals surface area contributed by atoms with Gasteiger partial charge in [0.2, 0.25) is 0 Å². The zero-order valence-electron chi connectivity index (χ0n) is 15.5. The smallest absolute Gasteiger partial charge is 0.267 e. The highest BCUT2D eigenvalue weighted by atomic mass is 19.4. The molecule has 0 atom stereocenters. The normalized spacial score (nSPS) is 11.6. The molecule has 0 aliphatic heterocycles. The van der Waals surface area contributed by atoms with Gasteiger partial charge in [-0.3, -0.25) is 9.36 Å². The van der Waals surface area contributed by atoms with Crippen molar-refractivity contribution >= 4 is 0 Å². The van der Waals surface area contributed by atoms with Crippen LogP contribution in [0.5, 0.6) is 0 Å². The highest BCUT2D eigenvalue weighted by Gasteiger charge is 2.30. The van der Waals surface area contributed by atoms with Crippen LogP contribution in [0.25, 0.3) is 22.8 Å². The molecule has 0 fully saturated rings. The fourth-order valence-corrected chi connectivity index (χ4v) is 2.87. The Morgan fingerprint density at radius 3 is 2.13 bits per heavy atom. The second kappa shape index (κ2) is 7.14. The SMILES string of the molecule is Cn1c(=O)c(-c2ccn(-c3ccccc3)n2)nn(-c2ccc(C(F)(F)F)cc2)c1=O. The average molecular weight is 413 g/mol. The number of halogens is 3. The fraction of sp³-hybridized carbons (Fsp3) is 0.100. The molecule has 0 amide bonds. The maximum absolute atomic E-state index is 12.8. The van der Waals surface area contributed by atoms with Crippen LogP contribution in [0.15, 0.2) is 76.4 Å². The summed E-state index contributed by atoms with van der Waals surface area (Å²) in [6.07, 6.45) is -2.87. The maximum atomic E-state index is 12.8. The van der Waals surface area contributed by atoms with Crippen LogP contribution in [0.4, 0.5) is 13.2 Å². The van der Waals surface area contributed by atoms with E-state index in [4.69, 9.17) is 0 Å². The minimum atomic E-state index is -4.50. The molecule has 2 aromatic heterocycles. The summed E-state index contributed by atoms with van der Waals surface area (Å²) < 4.78 is 41.7. The first-order valence-corrected chi connectivity index (χ1v) is 8.75. The Hall–Kier alpha value is -3.95. The zero-order chi connectivity index (χ0) is 21.5. The number of para-hydroxylation sites is 1. The van der Waals surface area contributed by atoms with Gasteiger partial charge in [0.1, 0.15) is 5.69 Å². The molecule has 30 heavy (non-hydrogen) atoms. The summed E-state index contributed by atoms with van der Waals surface area (Å²) >= 11 is 0. The molecule has 0 radical (unpaired) electrons. The van der Waals surface area contributed by atoms with E-state index >= 15 is 0 Å². The minimum Gasteiger partial charge on any atom is -0.267 e. The predicted molar refractivity (Wildman–Crippen MR) is 103 cm³/mol. The molecule has 0 unspecified atom stereocenters. The molecule has 152 valence electrons. The van der Waals surface area contributed by atoms with Crippen LogP contribution in [0.1, 0.15) is 5.56 Å². The average Bonchev–Trinajstić information content (AvgIpc) is 3.22. The molecule has 7 nitrogen and oxygen atoms in total. The third-order valence-electron chi connectivity index (χ3n) is 4.47. The van der Waals surface area contributed by atoms with Gasteiger partial charge in [-0.2, -0.15) is 28.1 Å². The van der Waals surface area contributed by atoms with Crippen molar-refractivity contribution in [2.75, 3.05) is 0 Å². The fourth-order valence-electron chi connectivity index (χ4n) is 2.87. The third-order valence-corrected chi connectivity index (χ3v) is 4.47. The van der Waals surface area contributed by atoms with Gasteiger partial charge in [-0.25, -0.2) is 9.48 Å². The van der Waals surface area contributed by atoms with Crippen LogP contribution in [0, 0.1) is 0 Å². The Morgan fingerprint density at radius 1 is 0.833 bits per heavy atom. The number of nitrogens with zero attached hydrogens (tertiary/aromatic N) is 5. The van der Waals surface area contributed by atoms with Gasteiger partial charge in [0, 0.05) is 13.2 Å². The van der Waals surface area contributed by atoms with Crippen LogP contribution in [-0.2, 0) is 13.2 Å². The van der Waals surface area contributed by atoms with Crippen LogP contribution in [0.2, 0.25) is 0 Å². The van der Waals surface area contributed by atoms with Crippen molar-refractivity contribution in [2.45, 2.75) is 6.18 Å². The quantitative estimate of drug-likeness (QED) is 0.518. The third kappa shape index (κ3) is 3.43. The summed E-state index contributed by atoms with van der Waals surface area (Å²) in [7, 11) is 1.27. The van der Waals surface area contributed by atoms with Crippen molar-refractivity contribution in [3.63, 3.8) is 0 Å². The molecule has 4 rings (SSSR count). The first-order valence-electron chi connectivity index (χ1n) is 8.75. The number of alkyl halides is 3. The van der Waals surface area contributed by atoms with Crippen molar-refractivity contribution in [3.05, 3.63) is 93.3 Å². The van der Waals surface area contributed by atoms with E-state index in [0.29, 0.717) is 0 Å². The molecule has 2 aromatic carbocycles. The lowest BCUT2D eigenvalue weighted by Gasteiger charge is -2.10. The van der Waals surface area contributed by atoms with Crippen molar-refractivity contribution in [3.8, 4) is 22.8 Å². The van der Waals surface area contributed by atoms with Gasteiger partial charge in [-0.1, -0.05) is 18.2 Å². The highest BCUT2D eigenvalue weighted by Crippen LogP contribution is 2.29. The van der Waals surface area contributed by atoms with Gasteiger partial charge in [0.25, 0.3) is 5.56 Å². The molecule has 0 aliphatic rings. The molecule has 4 aromatic rings. The van der Waals surface area contributed by atoms with Gasteiger partial charge in [0.05, 0.1) is 16.9 Å². The van der Waals surface area contributed by atoms with Crippen molar-refractivity contribution in [1.82, 2.24) is 24.1 Å². The van der Waals surface area contributed by atoms with E-state index in [1.807, 2.05) is 30.3 Å². The lowest BCUT2D eigenvalue weighted by Crippen LogP contribution is -2.40. The number of benzene rings is 2. The van der Waals surface area contributed by atoms with Crippen LogP contribution < -0.4 is 11.2 Å². The first-order chi connectivity index (χ1) is 14.3. The maximum Gasteiger partial charge on any atom is 0.416 e.